The van der Waals surface area contributed by atoms with Gasteiger partial charge < -0.3 is 5.32 Å². The standard InChI is InChI=1S/C12H14FN3/c1-9(14-2)12-10(13)5-3-6-11(12)16-8-4-7-15-16/h3-9,14H,1-2H3. The van der Waals surface area contributed by atoms with Gasteiger partial charge in [-0.3, -0.25) is 0 Å². The fraction of sp³-hybridized carbons (Fsp3) is 0.250. The molecule has 1 aromatic carbocycles. The molecule has 1 N–H and O–H groups in total. The van der Waals surface area contributed by atoms with Crippen LogP contribution in [0.3, 0.4) is 0 Å². The Morgan fingerprint density at radius 3 is 2.81 bits per heavy atom. The molecule has 0 saturated carbocycles. The highest BCUT2D eigenvalue weighted by molar-refractivity contribution is 5.43. The zero-order chi connectivity index (χ0) is 11.5. The summed E-state index contributed by atoms with van der Waals surface area (Å²) in [7, 11) is 1.81. The van der Waals surface area contributed by atoms with Crippen LogP contribution in [0.2, 0.25) is 0 Å². The largest absolute Gasteiger partial charge is 0.313 e. The lowest BCUT2D eigenvalue weighted by Crippen LogP contribution is -2.17. The number of benzene rings is 1. The van der Waals surface area contributed by atoms with Gasteiger partial charge in [-0.1, -0.05) is 6.07 Å². The maximum atomic E-state index is 13.8. The Hall–Kier alpha value is -1.68. The first-order valence-corrected chi connectivity index (χ1v) is 5.19. The summed E-state index contributed by atoms with van der Waals surface area (Å²) in [5.74, 6) is -0.213. The Kier molecular flexibility index (Phi) is 3.01. The van der Waals surface area contributed by atoms with E-state index < -0.39 is 0 Å². The summed E-state index contributed by atoms with van der Waals surface area (Å²) >= 11 is 0. The zero-order valence-electron chi connectivity index (χ0n) is 9.31. The first kappa shape index (κ1) is 10.8. The van der Waals surface area contributed by atoms with Gasteiger partial charge in [-0.25, -0.2) is 9.07 Å². The Morgan fingerprint density at radius 1 is 1.38 bits per heavy atom. The predicted octanol–water partition coefficient (Wildman–Crippen LogP) is 2.29. The van der Waals surface area contributed by atoms with Crippen LogP contribution in [0.25, 0.3) is 5.69 Å². The topological polar surface area (TPSA) is 29.9 Å². The monoisotopic (exact) mass is 219 g/mol. The Labute approximate surface area is 93.9 Å². The van der Waals surface area contributed by atoms with Gasteiger partial charge >= 0.3 is 0 Å². The van der Waals surface area contributed by atoms with Crippen molar-refractivity contribution in [3.05, 3.63) is 48.0 Å². The van der Waals surface area contributed by atoms with Crippen LogP contribution in [0.15, 0.2) is 36.7 Å². The predicted molar refractivity (Wildman–Crippen MR) is 61.0 cm³/mol. The molecule has 1 aromatic heterocycles. The fourth-order valence-electron chi connectivity index (χ4n) is 1.71. The van der Waals surface area contributed by atoms with Gasteiger partial charge in [-0.2, -0.15) is 5.10 Å². The molecule has 0 spiro atoms. The second-order valence-corrected chi connectivity index (χ2v) is 3.63. The van der Waals surface area contributed by atoms with E-state index in [2.05, 4.69) is 10.4 Å². The third kappa shape index (κ3) is 1.84. The van der Waals surface area contributed by atoms with Crippen molar-refractivity contribution < 1.29 is 4.39 Å². The molecule has 0 bridgehead atoms. The van der Waals surface area contributed by atoms with Crippen molar-refractivity contribution in [3.63, 3.8) is 0 Å². The van der Waals surface area contributed by atoms with Gasteiger partial charge in [-0.05, 0) is 32.2 Å². The van der Waals surface area contributed by atoms with Crippen LogP contribution in [0.5, 0.6) is 0 Å². The summed E-state index contributed by atoms with van der Waals surface area (Å²) in [4.78, 5) is 0. The number of hydrogen-bond acceptors (Lipinski definition) is 2. The van der Waals surface area contributed by atoms with Gasteiger partial charge in [0.05, 0.1) is 5.69 Å². The molecule has 3 nitrogen and oxygen atoms in total. The lowest BCUT2D eigenvalue weighted by atomic mass is 10.1. The Balaban J connectivity index is 2.57. The second kappa shape index (κ2) is 4.45. The minimum atomic E-state index is -0.213. The zero-order valence-corrected chi connectivity index (χ0v) is 9.31. The minimum absolute atomic E-state index is 0.0552. The van der Waals surface area contributed by atoms with Gasteiger partial charge in [0.25, 0.3) is 0 Å². The molecular formula is C12H14FN3. The third-order valence-corrected chi connectivity index (χ3v) is 2.65. The molecule has 1 unspecified atom stereocenters. The lowest BCUT2D eigenvalue weighted by Gasteiger charge is -2.16. The summed E-state index contributed by atoms with van der Waals surface area (Å²) in [5, 5.41) is 7.17. The number of nitrogens with one attached hydrogen (secondary N) is 1. The van der Waals surface area contributed by atoms with E-state index in [1.165, 1.54) is 6.07 Å². The molecule has 2 aromatic rings. The number of nitrogens with zero attached hydrogens (tertiary/aromatic N) is 2. The molecule has 0 fully saturated rings. The van der Waals surface area contributed by atoms with Gasteiger partial charge in [0, 0.05) is 24.0 Å². The smallest absolute Gasteiger partial charge is 0.130 e. The molecule has 0 aliphatic heterocycles. The highest BCUT2D eigenvalue weighted by atomic mass is 19.1. The summed E-state index contributed by atoms with van der Waals surface area (Å²) in [6.45, 7) is 1.92. The van der Waals surface area contributed by atoms with Crippen molar-refractivity contribution >= 4 is 0 Å². The van der Waals surface area contributed by atoms with Crippen LogP contribution >= 0.6 is 0 Å². The van der Waals surface area contributed by atoms with Crippen molar-refractivity contribution in [1.82, 2.24) is 15.1 Å². The molecule has 1 atom stereocenters. The summed E-state index contributed by atoms with van der Waals surface area (Å²) in [6.07, 6.45) is 3.49. The first-order chi connectivity index (χ1) is 7.74. The van der Waals surface area contributed by atoms with Crippen LogP contribution in [0, 0.1) is 5.82 Å². The summed E-state index contributed by atoms with van der Waals surface area (Å²) in [5.41, 5.74) is 1.40. The van der Waals surface area contributed by atoms with E-state index in [1.54, 1.807) is 23.1 Å². The molecule has 0 saturated heterocycles. The molecule has 4 heteroatoms. The molecule has 1 heterocycles. The molecule has 0 radical (unpaired) electrons. The van der Waals surface area contributed by atoms with Crippen LogP contribution in [0.4, 0.5) is 4.39 Å². The van der Waals surface area contributed by atoms with E-state index >= 15 is 0 Å². The Bertz CT molecular complexity index is 465. The van der Waals surface area contributed by atoms with Crippen LogP contribution in [-0.2, 0) is 0 Å². The fourth-order valence-corrected chi connectivity index (χ4v) is 1.71. The molecule has 16 heavy (non-hydrogen) atoms. The van der Waals surface area contributed by atoms with E-state index in [4.69, 9.17) is 0 Å². The Morgan fingerprint density at radius 2 is 2.19 bits per heavy atom. The van der Waals surface area contributed by atoms with E-state index in [0.717, 1.165) is 5.69 Å². The number of aromatic nitrogens is 2. The number of halogens is 1. The highest BCUT2D eigenvalue weighted by Crippen LogP contribution is 2.23. The maximum absolute atomic E-state index is 13.8. The van der Waals surface area contributed by atoms with Crippen LogP contribution < -0.4 is 5.32 Å². The van der Waals surface area contributed by atoms with E-state index in [0.29, 0.717) is 5.56 Å². The SMILES string of the molecule is CNC(C)c1c(F)cccc1-n1cccn1. The van der Waals surface area contributed by atoms with Gasteiger partial charge in [0.2, 0.25) is 0 Å². The van der Waals surface area contributed by atoms with Crippen molar-refractivity contribution in [2.24, 2.45) is 0 Å². The minimum Gasteiger partial charge on any atom is -0.313 e. The lowest BCUT2D eigenvalue weighted by molar-refractivity contribution is 0.557. The van der Waals surface area contributed by atoms with Crippen LogP contribution in [-0.4, -0.2) is 16.8 Å². The van der Waals surface area contributed by atoms with Crippen molar-refractivity contribution in [2.45, 2.75) is 13.0 Å². The van der Waals surface area contributed by atoms with Crippen molar-refractivity contribution in [3.8, 4) is 5.69 Å². The van der Waals surface area contributed by atoms with Gasteiger partial charge in [0.15, 0.2) is 0 Å². The molecule has 2 rings (SSSR count). The average molecular weight is 219 g/mol. The van der Waals surface area contributed by atoms with Gasteiger partial charge in [-0.15, -0.1) is 0 Å². The quantitative estimate of drug-likeness (QED) is 0.858. The van der Waals surface area contributed by atoms with Crippen molar-refractivity contribution in [2.75, 3.05) is 7.05 Å². The molecule has 84 valence electrons. The van der Waals surface area contributed by atoms with E-state index in [9.17, 15) is 4.39 Å². The molecular weight excluding hydrogens is 205 g/mol. The normalized spacial score (nSPS) is 12.7. The number of hydrogen-bond donors (Lipinski definition) is 1. The average Bonchev–Trinajstić information content (AvgIpc) is 2.81. The third-order valence-electron chi connectivity index (χ3n) is 2.65. The summed E-state index contributed by atoms with van der Waals surface area (Å²) < 4.78 is 15.5. The summed E-state index contributed by atoms with van der Waals surface area (Å²) in [6, 6.07) is 6.78. The van der Waals surface area contributed by atoms with E-state index in [-0.39, 0.29) is 11.9 Å². The second-order valence-electron chi connectivity index (χ2n) is 3.63. The van der Waals surface area contributed by atoms with Crippen LogP contribution in [0.1, 0.15) is 18.5 Å². The highest BCUT2D eigenvalue weighted by Gasteiger charge is 2.15. The number of rotatable bonds is 3. The van der Waals surface area contributed by atoms with Crippen molar-refractivity contribution in [1.29, 1.82) is 0 Å². The maximum Gasteiger partial charge on any atom is 0.130 e. The first-order valence-electron chi connectivity index (χ1n) is 5.19. The molecule has 0 amide bonds. The van der Waals surface area contributed by atoms with Gasteiger partial charge in [0.1, 0.15) is 5.82 Å². The molecule has 0 aliphatic carbocycles. The molecule has 0 aliphatic rings. The van der Waals surface area contributed by atoms with E-state index in [1.807, 2.05) is 26.1 Å².